The van der Waals surface area contributed by atoms with Gasteiger partial charge in [0.1, 0.15) is 37.9 Å². The number of nitrogens with zero attached hydrogens (tertiary/aromatic N) is 5. The van der Waals surface area contributed by atoms with Gasteiger partial charge in [-0.15, -0.1) is 4.36 Å². The van der Waals surface area contributed by atoms with Crippen LogP contribution in [0.25, 0.3) is 0 Å². The van der Waals surface area contributed by atoms with Crippen LogP contribution in [-0.2, 0) is 14.5 Å². The lowest BCUT2D eigenvalue weighted by molar-refractivity contribution is -0.0102. The molecule has 1 aliphatic rings. The molecular weight excluding hydrogens is 518 g/mol. The molecule has 0 spiro atoms. The van der Waals surface area contributed by atoms with Gasteiger partial charge in [-0.05, 0) is 57.9 Å². The van der Waals surface area contributed by atoms with Gasteiger partial charge < -0.3 is 15.0 Å². The standard InChI is InChI=1S/C25H30F2N6O4S/c1-16-13-18(15-28)30-21(33-11-6-8-25(26,27)9-12-33)20(16)22(34)31-17-7-10-29-19(14-17)38(5,36)32-23(35)37-24(2,3)4/h7,10,13-14H,6,8-9,11-12H2,1-5H3,(H,29,31,34)/t38-/m1/s1. The second-order valence-corrected chi connectivity index (χ2v) is 12.2. The molecule has 3 rings (SSSR count). The van der Waals surface area contributed by atoms with E-state index in [9.17, 15) is 27.8 Å². The smallest absolute Gasteiger partial charge is 0.442 e. The Hall–Kier alpha value is -3.66. The maximum Gasteiger partial charge on any atom is 0.442 e. The predicted molar refractivity (Wildman–Crippen MR) is 138 cm³/mol. The first-order valence-electron chi connectivity index (χ1n) is 11.9. The SMILES string of the molecule is Cc1cc(C#N)nc(N2CCCC(F)(F)CC2)c1C(=O)Nc1ccnc([S@@](C)(=O)=NC(=O)OC(C)(C)C)c1. The van der Waals surface area contributed by atoms with Crippen molar-refractivity contribution in [2.24, 2.45) is 4.36 Å². The molecule has 0 saturated carbocycles. The van der Waals surface area contributed by atoms with E-state index in [1.807, 2.05) is 6.07 Å². The van der Waals surface area contributed by atoms with Crippen molar-refractivity contribution in [3.05, 3.63) is 41.2 Å². The number of halogens is 2. The summed E-state index contributed by atoms with van der Waals surface area (Å²) in [6.45, 7) is 6.80. The van der Waals surface area contributed by atoms with E-state index in [1.54, 1.807) is 32.6 Å². The summed E-state index contributed by atoms with van der Waals surface area (Å²) < 4.78 is 49.8. The van der Waals surface area contributed by atoms with E-state index in [0.717, 1.165) is 0 Å². The Kier molecular flexibility index (Phi) is 8.36. The van der Waals surface area contributed by atoms with Crippen LogP contribution in [0.4, 0.5) is 25.1 Å². The first-order valence-corrected chi connectivity index (χ1v) is 13.8. The number of carbonyl (C=O) groups is 2. The van der Waals surface area contributed by atoms with Crippen LogP contribution in [0, 0.1) is 18.3 Å². The second-order valence-electron chi connectivity index (χ2n) is 10.0. The van der Waals surface area contributed by atoms with Crippen LogP contribution in [-0.4, -0.2) is 57.0 Å². The molecule has 38 heavy (non-hydrogen) atoms. The third-order valence-electron chi connectivity index (χ3n) is 5.58. The topological polar surface area (TPSA) is 138 Å². The fraction of sp³-hybridized carbons (Fsp3) is 0.480. The summed E-state index contributed by atoms with van der Waals surface area (Å²) in [7, 11) is -3.30. The van der Waals surface area contributed by atoms with E-state index in [-0.39, 0.29) is 53.7 Å². The van der Waals surface area contributed by atoms with Crippen molar-refractivity contribution >= 4 is 33.2 Å². The van der Waals surface area contributed by atoms with Crippen molar-refractivity contribution in [3.63, 3.8) is 0 Å². The lowest BCUT2D eigenvalue weighted by Gasteiger charge is -2.25. The monoisotopic (exact) mass is 548 g/mol. The first kappa shape index (κ1) is 28.9. The van der Waals surface area contributed by atoms with Gasteiger partial charge in [0.15, 0.2) is 0 Å². The lowest BCUT2D eigenvalue weighted by atomic mass is 10.1. The number of nitrogens with one attached hydrogen (secondary N) is 1. The molecule has 0 aliphatic carbocycles. The zero-order valence-electron chi connectivity index (χ0n) is 21.9. The average molecular weight is 549 g/mol. The van der Waals surface area contributed by atoms with Crippen molar-refractivity contribution in [1.29, 1.82) is 5.26 Å². The fourth-order valence-electron chi connectivity index (χ4n) is 3.86. The molecule has 0 bridgehead atoms. The van der Waals surface area contributed by atoms with Crippen LogP contribution in [0.15, 0.2) is 33.8 Å². The molecule has 1 N–H and O–H groups in total. The number of rotatable bonds is 4. The Bertz CT molecular complexity index is 1410. The lowest BCUT2D eigenvalue weighted by Crippen LogP contribution is -2.30. The molecular formula is C25H30F2N6O4S. The van der Waals surface area contributed by atoms with Crippen molar-refractivity contribution in [1.82, 2.24) is 9.97 Å². The molecule has 2 amide bonds. The number of ether oxygens (including phenoxy) is 1. The number of anilines is 2. The average Bonchev–Trinajstić information content (AvgIpc) is 2.97. The van der Waals surface area contributed by atoms with E-state index in [4.69, 9.17) is 4.74 Å². The molecule has 1 saturated heterocycles. The van der Waals surface area contributed by atoms with Gasteiger partial charge in [-0.2, -0.15) is 5.26 Å². The number of amides is 2. The van der Waals surface area contributed by atoms with Gasteiger partial charge in [-0.1, -0.05) is 0 Å². The third kappa shape index (κ3) is 7.44. The molecule has 10 nitrogen and oxygen atoms in total. The zero-order chi connectivity index (χ0) is 28.3. The van der Waals surface area contributed by atoms with Crippen molar-refractivity contribution in [3.8, 4) is 6.07 Å². The fourth-order valence-corrected chi connectivity index (χ4v) is 4.87. The number of carbonyl (C=O) groups excluding carboxylic acids is 2. The number of aryl methyl sites for hydroxylation is 1. The molecule has 2 aromatic heterocycles. The third-order valence-corrected chi connectivity index (χ3v) is 7.08. The second kappa shape index (κ2) is 11.0. The van der Waals surface area contributed by atoms with Gasteiger partial charge in [-0.25, -0.2) is 27.8 Å². The minimum absolute atomic E-state index is 0.0297. The highest BCUT2D eigenvalue weighted by Crippen LogP contribution is 2.32. The minimum Gasteiger partial charge on any atom is -0.442 e. The summed E-state index contributed by atoms with van der Waals surface area (Å²) in [4.78, 5) is 35.4. The number of alkyl halides is 2. The Morgan fingerprint density at radius 1 is 1.26 bits per heavy atom. The molecule has 204 valence electrons. The van der Waals surface area contributed by atoms with Gasteiger partial charge in [-0.3, -0.25) is 4.79 Å². The minimum atomic E-state index is -3.30. The summed E-state index contributed by atoms with van der Waals surface area (Å²) in [5.74, 6) is -3.27. The molecule has 0 aromatic carbocycles. The highest BCUT2D eigenvalue weighted by Gasteiger charge is 2.33. The molecule has 3 heterocycles. The molecule has 0 radical (unpaired) electrons. The van der Waals surface area contributed by atoms with Crippen LogP contribution >= 0.6 is 0 Å². The largest absolute Gasteiger partial charge is 0.442 e. The van der Waals surface area contributed by atoms with Gasteiger partial charge in [0.2, 0.25) is 5.92 Å². The quantitative estimate of drug-likeness (QED) is 0.568. The van der Waals surface area contributed by atoms with Crippen molar-refractivity contribution in [2.75, 3.05) is 29.6 Å². The molecule has 2 aromatic rings. The van der Waals surface area contributed by atoms with Crippen LogP contribution < -0.4 is 10.2 Å². The Morgan fingerprint density at radius 3 is 2.63 bits per heavy atom. The van der Waals surface area contributed by atoms with E-state index < -0.39 is 39.7 Å². The van der Waals surface area contributed by atoms with Crippen molar-refractivity contribution < 1.29 is 27.3 Å². The molecule has 13 heteroatoms. The van der Waals surface area contributed by atoms with Crippen LogP contribution in [0.2, 0.25) is 0 Å². The van der Waals surface area contributed by atoms with Crippen molar-refractivity contribution in [2.45, 2.75) is 63.5 Å². The van der Waals surface area contributed by atoms with Gasteiger partial charge >= 0.3 is 6.09 Å². The Balaban J connectivity index is 1.94. The maximum atomic E-state index is 14.0. The maximum absolute atomic E-state index is 14.0. The van der Waals surface area contributed by atoms with E-state index in [0.29, 0.717) is 5.56 Å². The summed E-state index contributed by atoms with van der Waals surface area (Å²) >= 11 is 0. The number of nitriles is 1. The summed E-state index contributed by atoms with van der Waals surface area (Å²) in [6, 6.07) is 6.18. The normalized spacial score (nSPS) is 16.9. The van der Waals surface area contributed by atoms with Gasteiger partial charge in [0, 0.05) is 44.1 Å². The van der Waals surface area contributed by atoms with E-state index in [1.165, 1.54) is 30.7 Å². The summed E-state index contributed by atoms with van der Waals surface area (Å²) in [6.07, 6.45) is 1.06. The molecule has 1 fully saturated rings. The Labute approximate surface area is 220 Å². The van der Waals surface area contributed by atoms with Crippen LogP contribution in [0.3, 0.4) is 0 Å². The summed E-state index contributed by atoms with van der Waals surface area (Å²) in [5, 5.41) is 12.0. The number of pyridine rings is 2. The number of hydrogen-bond acceptors (Lipinski definition) is 8. The van der Waals surface area contributed by atoms with E-state index in [2.05, 4.69) is 19.6 Å². The first-order chi connectivity index (χ1) is 17.6. The van der Waals surface area contributed by atoms with Crippen LogP contribution in [0.5, 0.6) is 0 Å². The van der Waals surface area contributed by atoms with Gasteiger partial charge in [0.25, 0.3) is 5.91 Å². The summed E-state index contributed by atoms with van der Waals surface area (Å²) in [5.41, 5.74) is 0.0152. The van der Waals surface area contributed by atoms with E-state index >= 15 is 0 Å². The van der Waals surface area contributed by atoms with Crippen LogP contribution in [0.1, 0.15) is 61.6 Å². The van der Waals surface area contributed by atoms with Gasteiger partial charge in [0.05, 0.1) is 5.56 Å². The molecule has 0 unspecified atom stereocenters. The highest BCUT2D eigenvalue weighted by atomic mass is 32.2. The highest BCUT2D eigenvalue weighted by molar-refractivity contribution is 7.93. The number of hydrogen-bond donors (Lipinski definition) is 1. The zero-order valence-corrected chi connectivity index (χ0v) is 22.7. The Morgan fingerprint density at radius 2 is 1.97 bits per heavy atom. The number of aromatic nitrogens is 2. The predicted octanol–water partition coefficient (Wildman–Crippen LogP) is 4.93. The molecule has 1 atom stereocenters. The molecule has 1 aliphatic heterocycles.